The maximum atomic E-state index is 12.4. The average molecular weight is 267 g/mol. The quantitative estimate of drug-likeness (QED) is 0.420. The highest BCUT2D eigenvalue weighted by Gasteiger charge is 2.51. The van der Waals surface area contributed by atoms with E-state index >= 15 is 0 Å². The van der Waals surface area contributed by atoms with Crippen LogP contribution < -0.4 is 11.1 Å². The second kappa shape index (κ2) is 5.49. The van der Waals surface area contributed by atoms with E-state index in [2.05, 4.69) is 11.4 Å². The zero-order valence-electron chi connectivity index (χ0n) is 11.7. The minimum absolute atomic E-state index is 0.170. The fourth-order valence-corrected chi connectivity index (χ4v) is 2.14. The molecule has 0 aliphatic carbocycles. The van der Waals surface area contributed by atoms with Crippen LogP contribution in [0.3, 0.4) is 0 Å². The summed E-state index contributed by atoms with van der Waals surface area (Å²) in [5, 5.41) is 2.65. The van der Waals surface area contributed by atoms with Crippen molar-refractivity contribution in [3.63, 3.8) is 0 Å². The molecule has 6 nitrogen and oxygen atoms in total. The van der Waals surface area contributed by atoms with Gasteiger partial charge in [-0.25, -0.2) is 4.79 Å². The van der Waals surface area contributed by atoms with E-state index in [-0.39, 0.29) is 12.5 Å². The number of rotatable bonds is 3. The predicted octanol–water partition coefficient (Wildman–Crippen LogP) is -0.214. The van der Waals surface area contributed by atoms with Crippen LogP contribution >= 0.6 is 0 Å². The number of nitrogens with one attached hydrogen (secondary N) is 1. The van der Waals surface area contributed by atoms with Crippen LogP contribution in [0.2, 0.25) is 0 Å². The molecule has 0 bridgehead atoms. The molecule has 1 rings (SSSR count). The molecule has 1 amide bonds. The van der Waals surface area contributed by atoms with Gasteiger partial charge in [0.05, 0.1) is 6.54 Å². The number of carbonyl (C=O) groups excluding carboxylic acids is 2. The van der Waals surface area contributed by atoms with Crippen molar-refractivity contribution in [3.05, 3.63) is 0 Å². The van der Waals surface area contributed by atoms with Gasteiger partial charge >= 0.3 is 5.97 Å². The number of hydrogen-bond acceptors (Lipinski definition) is 5. The van der Waals surface area contributed by atoms with Gasteiger partial charge in [0.25, 0.3) is 0 Å². The summed E-state index contributed by atoms with van der Waals surface area (Å²) in [5.74, 6) is -0.872. The Labute approximate surface area is 113 Å². The van der Waals surface area contributed by atoms with Crippen LogP contribution in [-0.2, 0) is 14.3 Å². The lowest BCUT2D eigenvalue weighted by Gasteiger charge is -2.37. The van der Waals surface area contributed by atoms with Gasteiger partial charge in [0, 0.05) is 19.0 Å². The van der Waals surface area contributed by atoms with E-state index in [1.165, 1.54) is 4.90 Å². The van der Waals surface area contributed by atoms with Crippen molar-refractivity contribution in [2.75, 3.05) is 13.1 Å². The molecule has 1 aliphatic rings. The molecule has 0 aromatic rings. The van der Waals surface area contributed by atoms with Gasteiger partial charge in [-0.15, -0.1) is 0 Å². The fourth-order valence-electron chi connectivity index (χ4n) is 2.14. The molecule has 1 atom stereocenters. The lowest BCUT2D eigenvalue weighted by atomic mass is 10.1. The Morgan fingerprint density at radius 3 is 2.63 bits per heavy atom. The summed E-state index contributed by atoms with van der Waals surface area (Å²) >= 11 is 0. The summed E-state index contributed by atoms with van der Waals surface area (Å²) in [7, 11) is 0. The Kier molecular flexibility index (Phi) is 4.43. The molecule has 6 heteroatoms. The lowest BCUT2D eigenvalue weighted by Crippen LogP contribution is -2.63. The van der Waals surface area contributed by atoms with Gasteiger partial charge in [0.1, 0.15) is 5.60 Å². The van der Waals surface area contributed by atoms with E-state index in [1.54, 1.807) is 20.8 Å². The second-order valence-corrected chi connectivity index (χ2v) is 5.48. The van der Waals surface area contributed by atoms with Crippen molar-refractivity contribution >= 4 is 11.9 Å². The van der Waals surface area contributed by atoms with Crippen LogP contribution in [0.15, 0.2) is 0 Å². The summed E-state index contributed by atoms with van der Waals surface area (Å²) in [5.41, 5.74) is 3.43. The summed E-state index contributed by atoms with van der Waals surface area (Å²) < 4.78 is 5.37. The molecule has 1 saturated heterocycles. The molecule has 0 saturated carbocycles. The van der Waals surface area contributed by atoms with E-state index in [4.69, 9.17) is 16.9 Å². The lowest BCUT2D eigenvalue weighted by molar-refractivity contribution is -0.173. The molecule has 106 valence electrons. The molecule has 1 aliphatic heterocycles. The molecule has 0 spiro atoms. The van der Waals surface area contributed by atoms with Crippen LogP contribution in [0.4, 0.5) is 0 Å². The molecule has 1 fully saturated rings. The first-order valence-electron chi connectivity index (χ1n) is 6.23. The van der Waals surface area contributed by atoms with E-state index in [9.17, 15) is 9.59 Å². The molecule has 1 heterocycles. The molecule has 0 aromatic heterocycles. The fraction of sp³-hybridized carbons (Fsp3) is 0.692. The number of carbonyl (C=O) groups is 2. The first kappa shape index (κ1) is 15.3. The maximum Gasteiger partial charge on any atom is 0.354 e. The van der Waals surface area contributed by atoms with Gasteiger partial charge < -0.3 is 20.7 Å². The molecule has 19 heavy (non-hydrogen) atoms. The standard InChI is InChI=1S/C13H21N3O3/c1-5-15-13(11(18)19-12(2,3)4)7-6-8-16(13)10(17)9-14/h1,15H,6-9,14H2,2-4H3/t13-/m0/s1. The van der Waals surface area contributed by atoms with Gasteiger partial charge in [-0.3, -0.25) is 4.79 Å². The van der Waals surface area contributed by atoms with Crippen molar-refractivity contribution in [1.82, 2.24) is 10.2 Å². The van der Waals surface area contributed by atoms with E-state index < -0.39 is 17.2 Å². The molecule has 0 unspecified atom stereocenters. The molecule has 0 radical (unpaired) electrons. The zero-order chi connectivity index (χ0) is 14.7. The monoisotopic (exact) mass is 267 g/mol. The number of ether oxygens (including phenoxy) is 1. The van der Waals surface area contributed by atoms with Crippen molar-refractivity contribution in [2.45, 2.75) is 44.9 Å². The van der Waals surface area contributed by atoms with Gasteiger partial charge in [-0.05, 0) is 27.2 Å². The van der Waals surface area contributed by atoms with Crippen LogP contribution in [0, 0.1) is 12.5 Å². The largest absolute Gasteiger partial charge is 0.457 e. The smallest absolute Gasteiger partial charge is 0.354 e. The van der Waals surface area contributed by atoms with Crippen LogP contribution in [-0.4, -0.2) is 41.1 Å². The number of nitrogens with zero attached hydrogens (tertiary/aromatic N) is 1. The van der Waals surface area contributed by atoms with E-state index in [1.807, 2.05) is 0 Å². The molecule has 3 N–H and O–H groups in total. The number of hydrogen-bond donors (Lipinski definition) is 2. The minimum Gasteiger partial charge on any atom is -0.457 e. The Morgan fingerprint density at radius 1 is 1.53 bits per heavy atom. The van der Waals surface area contributed by atoms with Crippen LogP contribution in [0.25, 0.3) is 0 Å². The predicted molar refractivity (Wildman–Crippen MR) is 70.5 cm³/mol. The highest BCUT2D eigenvalue weighted by molar-refractivity contribution is 5.89. The summed E-state index contributed by atoms with van der Waals surface area (Å²) in [6, 6.07) is 2.24. The number of esters is 1. The van der Waals surface area contributed by atoms with Crippen LogP contribution in [0.1, 0.15) is 33.6 Å². The third-order valence-electron chi connectivity index (χ3n) is 2.87. The Balaban J connectivity index is 3.06. The zero-order valence-corrected chi connectivity index (χ0v) is 11.7. The summed E-state index contributed by atoms with van der Waals surface area (Å²) in [6.45, 7) is 5.55. The summed E-state index contributed by atoms with van der Waals surface area (Å²) in [4.78, 5) is 25.6. The van der Waals surface area contributed by atoms with Gasteiger partial charge in [-0.2, -0.15) is 0 Å². The first-order valence-corrected chi connectivity index (χ1v) is 6.23. The van der Waals surface area contributed by atoms with Crippen molar-refractivity contribution in [3.8, 4) is 12.5 Å². The Morgan fingerprint density at radius 2 is 2.16 bits per heavy atom. The van der Waals surface area contributed by atoms with Crippen molar-refractivity contribution < 1.29 is 14.3 Å². The van der Waals surface area contributed by atoms with Gasteiger partial charge in [0.2, 0.25) is 11.6 Å². The van der Waals surface area contributed by atoms with Crippen LogP contribution in [0.5, 0.6) is 0 Å². The normalized spacial score (nSPS) is 22.8. The molecular formula is C13H21N3O3. The maximum absolute atomic E-state index is 12.4. The number of terminal acetylenes is 1. The van der Waals surface area contributed by atoms with Crippen molar-refractivity contribution in [2.24, 2.45) is 5.73 Å². The number of amides is 1. The number of likely N-dealkylation sites (tertiary alicyclic amines) is 1. The number of nitrogens with two attached hydrogens (primary N) is 1. The van der Waals surface area contributed by atoms with Gasteiger partial charge in [0.15, 0.2) is 0 Å². The third kappa shape index (κ3) is 3.18. The molecular weight excluding hydrogens is 246 g/mol. The van der Waals surface area contributed by atoms with Crippen molar-refractivity contribution in [1.29, 1.82) is 0 Å². The Bertz CT molecular complexity index is 408. The summed E-state index contributed by atoms with van der Waals surface area (Å²) in [6.07, 6.45) is 6.34. The third-order valence-corrected chi connectivity index (χ3v) is 2.87. The second-order valence-electron chi connectivity index (χ2n) is 5.48. The topological polar surface area (TPSA) is 84.7 Å². The average Bonchev–Trinajstić information content (AvgIpc) is 2.71. The molecule has 0 aromatic carbocycles. The highest BCUT2D eigenvalue weighted by atomic mass is 16.6. The first-order chi connectivity index (χ1) is 8.77. The SMILES string of the molecule is C#CN[C@@]1(C(=O)OC(C)(C)C)CCCN1C(=O)CN. The minimum atomic E-state index is -1.29. The van der Waals surface area contributed by atoms with E-state index in [0.29, 0.717) is 19.4 Å². The van der Waals surface area contributed by atoms with Gasteiger partial charge in [-0.1, -0.05) is 6.42 Å². The highest BCUT2D eigenvalue weighted by Crippen LogP contribution is 2.29. The van der Waals surface area contributed by atoms with E-state index in [0.717, 1.165) is 0 Å². The Hall–Kier alpha value is -1.74.